The van der Waals surface area contributed by atoms with E-state index in [1.54, 1.807) is 13.2 Å². The predicted octanol–water partition coefficient (Wildman–Crippen LogP) is 1.64. The van der Waals surface area contributed by atoms with Crippen molar-refractivity contribution < 1.29 is 18.6 Å². The SMILES string of the molecule is COc1ccc(F)cc1C1(C2(C#N)COC2)COC1. The van der Waals surface area contributed by atoms with Crippen molar-refractivity contribution in [1.29, 1.82) is 5.26 Å². The molecule has 2 saturated heterocycles. The number of rotatable bonds is 3. The van der Waals surface area contributed by atoms with Gasteiger partial charge < -0.3 is 14.2 Å². The zero-order valence-electron chi connectivity index (χ0n) is 10.6. The molecule has 0 aromatic heterocycles. The van der Waals surface area contributed by atoms with Crippen LogP contribution in [0.15, 0.2) is 18.2 Å². The summed E-state index contributed by atoms with van der Waals surface area (Å²) in [6.07, 6.45) is 0. The number of methoxy groups -OCH3 is 1. The van der Waals surface area contributed by atoms with Crippen molar-refractivity contribution in [3.05, 3.63) is 29.6 Å². The summed E-state index contributed by atoms with van der Waals surface area (Å²) in [5, 5.41) is 9.51. The van der Waals surface area contributed by atoms with Gasteiger partial charge in [-0.25, -0.2) is 4.39 Å². The van der Waals surface area contributed by atoms with Gasteiger partial charge in [0.25, 0.3) is 0 Å². The van der Waals surface area contributed by atoms with Crippen LogP contribution in [0.3, 0.4) is 0 Å². The van der Waals surface area contributed by atoms with Gasteiger partial charge in [-0.2, -0.15) is 5.26 Å². The van der Waals surface area contributed by atoms with E-state index in [4.69, 9.17) is 14.2 Å². The molecule has 0 amide bonds. The fourth-order valence-corrected chi connectivity index (χ4v) is 2.80. The van der Waals surface area contributed by atoms with E-state index in [1.807, 2.05) is 0 Å². The van der Waals surface area contributed by atoms with Gasteiger partial charge in [-0.1, -0.05) is 0 Å². The van der Waals surface area contributed by atoms with Gasteiger partial charge >= 0.3 is 0 Å². The molecule has 0 unspecified atom stereocenters. The zero-order chi connectivity index (χ0) is 13.5. The fraction of sp³-hybridized carbons (Fsp3) is 0.500. The van der Waals surface area contributed by atoms with E-state index >= 15 is 0 Å². The molecule has 3 rings (SSSR count). The molecule has 0 aliphatic carbocycles. The largest absolute Gasteiger partial charge is 0.496 e. The van der Waals surface area contributed by atoms with E-state index in [0.29, 0.717) is 37.7 Å². The van der Waals surface area contributed by atoms with Gasteiger partial charge in [-0.05, 0) is 18.2 Å². The van der Waals surface area contributed by atoms with Gasteiger partial charge in [0.15, 0.2) is 0 Å². The van der Waals surface area contributed by atoms with Crippen LogP contribution in [0.25, 0.3) is 0 Å². The van der Waals surface area contributed by atoms with Crippen molar-refractivity contribution in [1.82, 2.24) is 0 Å². The molecule has 0 bridgehead atoms. The van der Waals surface area contributed by atoms with Gasteiger partial charge in [0.2, 0.25) is 0 Å². The quantitative estimate of drug-likeness (QED) is 0.832. The van der Waals surface area contributed by atoms with Crippen molar-refractivity contribution >= 4 is 0 Å². The Morgan fingerprint density at radius 1 is 1.26 bits per heavy atom. The Labute approximate surface area is 110 Å². The monoisotopic (exact) mass is 263 g/mol. The summed E-state index contributed by atoms with van der Waals surface area (Å²) < 4.78 is 29.5. The molecule has 0 radical (unpaired) electrons. The topological polar surface area (TPSA) is 51.5 Å². The Balaban J connectivity index is 2.13. The van der Waals surface area contributed by atoms with Crippen LogP contribution in [-0.2, 0) is 14.9 Å². The van der Waals surface area contributed by atoms with Gasteiger partial charge in [0.1, 0.15) is 17.0 Å². The Morgan fingerprint density at radius 3 is 2.37 bits per heavy atom. The predicted molar refractivity (Wildman–Crippen MR) is 64.3 cm³/mol. The number of hydrogen-bond acceptors (Lipinski definition) is 4. The van der Waals surface area contributed by atoms with Crippen LogP contribution < -0.4 is 4.74 Å². The van der Waals surface area contributed by atoms with E-state index in [0.717, 1.165) is 0 Å². The molecule has 1 aromatic rings. The highest BCUT2D eigenvalue weighted by atomic mass is 19.1. The lowest BCUT2D eigenvalue weighted by Gasteiger charge is -2.55. The fourth-order valence-electron chi connectivity index (χ4n) is 2.80. The molecule has 0 spiro atoms. The molecule has 4 nitrogen and oxygen atoms in total. The van der Waals surface area contributed by atoms with Crippen molar-refractivity contribution in [2.24, 2.45) is 5.41 Å². The summed E-state index contributed by atoms with van der Waals surface area (Å²) in [5.74, 6) is 0.252. The summed E-state index contributed by atoms with van der Waals surface area (Å²) in [7, 11) is 1.54. The second-order valence-corrected chi connectivity index (χ2v) is 5.11. The minimum atomic E-state index is -0.647. The van der Waals surface area contributed by atoms with Crippen LogP contribution in [-0.4, -0.2) is 33.5 Å². The maximum atomic E-state index is 13.6. The first kappa shape index (κ1) is 12.4. The second kappa shape index (κ2) is 4.19. The van der Waals surface area contributed by atoms with Crippen LogP contribution >= 0.6 is 0 Å². The lowest BCUT2D eigenvalue weighted by atomic mass is 9.57. The van der Waals surface area contributed by atoms with Gasteiger partial charge in [-0.3, -0.25) is 0 Å². The smallest absolute Gasteiger partial charge is 0.123 e. The number of ether oxygens (including phenoxy) is 3. The average Bonchev–Trinajstić information content (AvgIpc) is 2.31. The van der Waals surface area contributed by atoms with E-state index in [-0.39, 0.29) is 5.82 Å². The summed E-state index contributed by atoms with van der Waals surface area (Å²) >= 11 is 0. The Bertz CT molecular complexity index is 544. The molecule has 19 heavy (non-hydrogen) atoms. The third-order valence-corrected chi connectivity index (χ3v) is 4.20. The third-order valence-electron chi connectivity index (χ3n) is 4.20. The molecule has 2 aliphatic heterocycles. The highest BCUT2D eigenvalue weighted by Gasteiger charge is 2.63. The van der Waals surface area contributed by atoms with E-state index in [2.05, 4.69) is 6.07 Å². The average molecular weight is 263 g/mol. The third kappa shape index (κ3) is 1.50. The first-order valence-electron chi connectivity index (χ1n) is 6.08. The van der Waals surface area contributed by atoms with Gasteiger partial charge in [0, 0.05) is 5.56 Å². The number of nitriles is 1. The normalized spacial score (nSPS) is 22.8. The molecule has 2 aliphatic rings. The lowest BCUT2D eigenvalue weighted by molar-refractivity contribution is -0.201. The number of benzene rings is 1. The first-order valence-corrected chi connectivity index (χ1v) is 6.08. The summed E-state index contributed by atoms with van der Waals surface area (Å²) in [4.78, 5) is 0. The van der Waals surface area contributed by atoms with Crippen molar-refractivity contribution in [3.8, 4) is 11.8 Å². The zero-order valence-corrected chi connectivity index (χ0v) is 10.6. The Morgan fingerprint density at radius 2 is 1.95 bits per heavy atom. The number of halogens is 1. The van der Waals surface area contributed by atoms with Crippen LogP contribution in [0.4, 0.5) is 4.39 Å². The summed E-state index contributed by atoms with van der Waals surface area (Å²) in [5.41, 5.74) is -0.481. The van der Waals surface area contributed by atoms with E-state index < -0.39 is 10.8 Å². The molecule has 0 atom stereocenters. The maximum Gasteiger partial charge on any atom is 0.123 e. The minimum Gasteiger partial charge on any atom is -0.496 e. The summed E-state index contributed by atoms with van der Waals surface area (Å²) in [6, 6.07) is 6.73. The highest BCUT2D eigenvalue weighted by Crippen LogP contribution is 2.53. The van der Waals surface area contributed by atoms with Crippen LogP contribution in [0.1, 0.15) is 5.56 Å². The van der Waals surface area contributed by atoms with Crippen LogP contribution in [0.2, 0.25) is 0 Å². The molecule has 0 saturated carbocycles. The van der Waals surface area contributed by atoms with Crippen LogP contribution in [0.5, 0.6) is 5.75 Å². The maximum absolute atomic E-state index is 13.6. The van der Waals surface area contributed by atoms with Gasteiger partial charge in [0.05, 0.1) is 45.0 Å². The van der Waals surface area contributed by atoms with Crippen molar-refractivity contribution in [2.75, 3.05) is 33.5 Å². The number of hydrogen-bond donors (Lipinski definition) is 0. The number of nitrogens with zero attached hydrogens (tertiary/aromatic N) is 1. The summed E-state index contributed by atoms with van der Waals surface area (Å²) in [6.45, 7) is 1.49. The molecule has 2 fully saturated rings. The van der Waals surface area contributed by atoms with Crippen molar-refractivity contribution in [2.45, 2.75) is 5.41 Å². The lowest BCUT2D eigenvalue weighted by Crippen LogP contribution is -2.66. The minimum absolute atomic E-state index is 0.338. The Kier molecular flexibility index (Phi) is 2.73. The molecule has 5 heteroatoms. The van der Waals surface area contributed by atoms with E-state index in [1.165, 1.54) is 12.1 Å². The van der Waals surface area contributed by atoms with Gasteiger partial charge in [-0.15, -0.1) is 0 Å². The first-order chi connectivity index (χ1) is 9.17. The molecule has 2 heterocycles. The molecule has 100 valence electrons. The Hall–Kier alpha value is -1.64. The molecular formula is C14H14FNO3. The molecular weight excluding hydrogens is 249 g/mol. The molecule has 1 aromatic carbocycles. The molecule has 0 N–H and O–H groups in total. The van der Waals surface area contributed by atoms with Crippen molar-refractivity contribution in [3.63, 3.8) is 0 Å². The van der Waals surface area contributed by atoms with Crippen LogP contribution in [0, 0.1) is 22.6 Å². The second-order valence-electron chi connectivity index (χ2n) is 5.11. The standard InChI is InChI=1S/C14H14FNO3/c1-17-12-3-2-10(15)4-11(12)14(8-19-9-14)13(5-16)6-18-7-13/h2-4H,6-9H2,1H3. The van der Waals surface area contributed by atoms with E-state index in [9.17, 15) is 9.65 Å². The highest BCUT2D eigenvalue weighted by molar-refractivity contribution is 5.46.